The number of halogens is 3. The Morgan fingerprint density at radius 1 is 1.47 bits per heavy atom. The Morgan fingerprint density at radius 2 is 2.07 bits per heavy atom. The third-order valence-electron chi connectivity index (χ3n) is 1.80. The largest absolute Gasteiger partial charge is 0.451 e. The minimum atomic E-state index is -4.48. The number of aromatic nitrogens is 1. The van der Waals surface area contributed by atoms with E-state index < -0.39 is 11.9 Å². The summed E-state index contributed by atoms with van der Waals surface area (Å²) < 4.78 is 41.3. The van der Waals surface area contributed by atoms with Crippen LogP contribution in [-0.4, -0.2) is 4.98 Å². The van der Waals surface area contributed by atoms with E-state index in [4.69, 9.17) is 11.2 Å². The van der Waals surface area contributed by atoms with Crippen LogP contribution in [0.4, 0.5) is 13.2 Å². The maximum atomic E-state index is 12.2. The van der Waals surface area contributed by atoms with E-state index in [9.17, 15) is 13.2 Å². The first-order valence-corrected chi connectivity index (χ1v) is 6.19. The lowest BCUT2D eigenvalue weighted by Crippen LogP contribution is -2.05. The van der Waals surface area contributed by atoms with Crippen LogP contribution in [0, 0.1) is 5.92 Å². The quantitative estimate of drug-likeness (QED) is 0.843. The summed E-state index contributed by atoms with van der Waals surface area (Å²) in [6, 6.07) is 0. The highest BCUT2D eigenvalue weighted by atomic mass is 32.8. The smallest absolute Gasteiger partial charge is 0.435 e. The SMILES string of the molecule is CC(C)[C@@H]([SH]=S)c1ncc(C(F)(F)F)o1. The van der Waals surface area contributed by atoms with Gasteiger partial charge in [0.15, 0.2) is 0 Å². The monoisotopic (exact) mass is 257 g/mol. The Bertz CT molecular complexity index is 348. The summed E-state index contributed by atoms with van der Waals surface area (Å²) in [5, 5.41) is -0.268. The second-order valence-corrected chi connectivity index (χ2v) is 4.75. The second-order valence-electron chi connectivity index (χ2n) is 3.35. The molecule has 0 spiro atoms. The van der Waals surface area contributed by atoms with E-state index in [2.05, 4.69) is 9.40 Å². The van der Waals surface area contributed by atoms with E-state index in [1.807, 2.05) is 13.8 Å². The molecular formula is C8H10F3NOS2. The number of nitrogens with zero attached hydrogens (tertiary/aromatic N) is 1. The van der Waals surface area contributed by atoms with Gasteiger partial charge in [0.2, 0.25) is 11.7 Å². The fraction of sp³-hybridized carbons (Fsp3) is 0.625. The summed E-state index contributed by atoms with van der Waals surface area (Å²) in [5.74, 6) is -0.903. The summed E-state index contributed by atoms with van der Waals surface area (Å²) >= 11 is 4.83. The van der Waals surface area contributed by atoms with Gasteiger partial charge in [0.25, 0.3) is 0 Å². The predicted octanol–water partition coefficient (Wildman–Crippen LogP) is 2.67. The van der Waals surface area contributed by atoms with Crippen molar-refractivity contribution in [2.24, 2.45) is 5.92 Å². The van der Waals surface area contributed by atoms with E-state index in [0.29, 0.717) is 16.5 Å². The lowest BCUT2D eigenvalue weighted by atomic mass is 10.1. The second kappa shape index (κ2) is 4.61. The van der Waals surface area contributed by atoms with E-state index in [-0.39, 0.29) is 17.1 Å². The molecule has 7 heteroatoms. The molecule has 1 heterocycles. The zero-order valence-electron chi connectivity index (χ0n) is 8.08. The Balaban J connectivity index is 2.97. The Labute approximate surface area is 93.5 Å². The van der Waals surface area contributed by atoms with Crippen LogP contribution < -0.4 is 0 Å². The minimum absolute atomic E-state index is 0.0639. The first-order chi connectivity index (χ1) is 6.86. The van der Waals surface area contributed by atoms with Gasteiger partial charge in [-0.05, 0) is 5.92 Å². The van der Waals surface area contributed by atoms with Gasteiger partial charge in [-0.2, -0.15) is 13.2 Å². The molecule has 15 heavy (non-hydrogen) atoms. The van der Waals surface area contributed by atoms with Crippen LogP contribution >= 0.6 is 0 Å². The van der Waals surface area contributed by atoms with Crippen LogP contribution in [0.5, 0.6) is 0 Å². The molecular weight excluding hydrogens is 247 g/mol. The number of hydrogen-bond acceptors (Lipinski definition) is 3. The van der Waals surface area contributed by atoms with Crippen molar-refractivity contribution in [2.45, 2.75) is 25.3 Å². The predicted molar refractivity (Wildman–Crippen MR) is 55.2 cm³/mol. The molecule has 0 amide bonds. The molecule has 1 atom stereocenters. The summed E-state index contributed by atoms with van der Waals surface area (Å²) in [5.41, 5.74) is 0. The highest BCUT2D eigenvalue weighted by Crippen LogP contribution is 2.32. The molecule has 0 radical (unpaired) electrons. The lowest BCUT2D eigenvalue weighted by Gasteiger charge is -2.11. The van der Waals surface area contributed by atoms with Gasteiger partial charge in [-0.1, -0.05) is 25.0 Å². The van der Waals surface area contributed by atoms with Gasteiger partial charge < -0.3 is 4.42 Å². The fourth-order valence-corrected chi connectivity index (χ4v) is 2.46. The molecule has 0 fully saturated rings. The van der Waals surface area contributed by atoms with Gasteiger partial charge in [0.05, 0.1) is 11.4 Å². The number of rotatable bonds is 3. The molecule has 0 saturated heterocycles. The molecule has 0 N–H and O–H groups in total. The third kappa shape index (κ3) is 3.01. The van der Waals surface area contributed by atoms with E-state index in [1.54, 1.807) is 0 Å². The van der Waals surface area contributed by atoms with Gasteiger partial charge in [0, 0.05) is 0 Å². The Hall–Kier alpha value is -0.430. The molecule has 1 aromatic heterocycles. The molecule has 86 valence electrons. The van der Waals surface area contributed by atoms with Gasteiger partial charge in [-0.3, -0.25) is 0 Å². The maximum Gasteiger partial charge on any atom is 0.451 e. The van der Waals surface area contributed by atoms with Crippen LogP contribution in [0.3, 0.4) is 0 Å². The first-order valence-electron chi connectivity index (χ1n) is 4.21. The fourth-order valence-electron chi connectivity index (χ4n) is 1.01. The normalized spacial score (nSPS) is 14.5. The Morgan fingerprint density at radius 3 is 2.40 bits per heavy atom. The van der Waals surface area contributed by atoms with Gasteiger partial charge >= 0.3 is 6.18 Å². The summed E-state index contributed by atoms with van der Waals surface area (Å²) in [6.45, 7) is 3.73. The number of oxazole rings is 1. The van der Waals surface area contributed by atoms with E-state index >= 15 is 0 Å². The standard InChI is InChI=1S/C8H10F3NOS2/c1-4(2)6(15-14)7-12-3-5(13-7)8(9,10)11/h3-4,6,15H,1-2H3/t6-/m1/s1. The van der Waals surface area contributed by atoms with Crippen molar-refractivity contribution in [1.29, 1.82) is 0 Å². The molecule has 1 aromatic rings. The highest BCUT2D eigenvalue weighted by Gasteiger charge is 2.36. The van der Waals surface area contributed by atoms with Crippen LogP contribution in [0.2, 0.25) is 0 Å². The maximum absolute atomic E-state index is 12.2. The summed E-state index contributed by atoms with van der Waals surface area (Å²) in [7, 11) is 0.539. The first kappa shape index (κ1) is 12.6. The van der Waals surface area contributed by atoms with Crippen molar-refractivity contribution in [3.05, 3.63) is 17.8 Å². The molecule has 2 nitrogen and oxygen atoms in total. The van der Waals surface area contributed by atoms with Crippen molar-refractivity contribution in [3.8, 4) is 0 Å². The van der Waals surface area contributed by atoms with Crippen LogP contribution in [0.1, 0.15) is 30.7 Å². The van der Waals surface area contributed by atoms with Crippen molar-refractivity contribution in [3.63, 3.8) is 0 Å². The number of thiol groups is 1. The molecule has 0 aliphatic heterocycles. The van der Waals surface area contributed by atoms with E-state index in [0.717, 1.165) is 0 Å². The van der Waals surface area contributed by atoms with Crippen molar-refractivity contribution < 1.29 is 17.6 Å². The summed E-state index contributed by atoms with van der Waals surface area (Å²) in [6.07, 6.45) is -3.78. The van der Waals surface area contributed by atoms with Crippen molar-refractivity contribution in [2.75, 3.05) is 0 Å². The van der Waals surface area contributed by atoms with Crippen LogP contribution in [0.15, 0.2) is 10.6 Å². The average Bonchev–Trinajstić information content (AvgIpc) is 2.52. The molecule has 0 aromatic carbocycles. The highest BCUT2D eigenvalue weighted by molar-refractivity contribution is 8.18. The molecule has 0 aliphatic rings. The van der Waals surface area contributed by atoms with Gasteiger partial charge in [-0.15, -0.1) is 10.3 Å². The topological polar surface area (TPSA) is 26.0 Å². The molecule has 1 rings (SSSR count). The lowest BCUT2D eigenvalue weighted by molar-refractivity contribution is -0.153. The molecule has 0 unspecified atom stereocenters. The van der Waals surface area contributed by atoms with Crippen molar-refractivity contribution >= 4 is 21.5 Å². The number of hydrogen-bond donors (Lipinski definition) is 1. The van der Waals surface area contributed by atoms with Crippen LogP contribution in [0.25, 0.3) is 0 Å². The molecule has 0 saturated carbocycles. The molecule has 0 bridgehead atoms. The molecule has 0 aliphatic carbocycles. The summed E-state index contributed by atoms with van der Waals surface area (Å²) in [4.78, 5) is 3.61. The Kier molecular flexibility index (Phi) is 3.88. The minimum Gasteiger partial charge on any atom is -0.435 e. The average molecular weight is 257 g/mol. The van der Waals surface area contributed by atoms with Gasteiger partial charge in [0.1, 0.15) is 0 Å². The van der Waals surface area contributed by atoms with Crippen molar-refractivity contribution in [1.82, 2.24) is 4.98 Å². The third-order valence-corrected chi connectivity index (χ3v) is 3.53. The zero-order chi connectivity index (χ0) is 11.6. The van der Waals surface area contributed by atoms with Crippen LogP contribution in [-0.2, 0) is 27.7 Å². The van der Waals surface area contributed by atoms with Gasteiger partial charge in [-0.25, -0.2) is 4.98 Å². The zero-order valence-corrected chi connectivity index (χ0v) is 9.79. The van der Waals surface area contributed by atoms with E-state index in [1.165, 1.54) is 0 Å². The number of alkyl halides is 3.